The fourth-order valence-corrected chi connectivity index (χ4v) is 5.36. The number of hydrogen-bond acceptors (Lipinski definition) is 5. The molecule has 0 radical (unpaired) electrons. The highest BCUT2D eigenvalue weighted by molar-refractivity contribution is 9.10. The Balaban J connectivity index is 1.20. The second-order valence-corrected chi connectivity index (χ2v) is 12.2. The van der Waals surface area contributed by atoms with Gasteiger partial charge in [0.25, 0.3) is 5.91 Å². The average Bonchev–Trinajstić information content (AvgIpc) is 3.46. The monoisotopic (exact) mass is 601 g/mol. The molecule has 0 bridgehead atoms. The zero-order chi connectivity index (χ0) is 28.1. The lowest BCUT2D eigenvalue weighted by Gasteiger charge is -2.43. The first-order valence-corrected chi connectivity index (χ1v) is 13.6. The van der Waals surface area contributed by atoms with Crippen molar-refractivity contribution in [3.63, 3.8) is 0 Å². The van der Waals surface area contributed by atoms with Crippen LogP contribution >= 0.6 is 15.9 Å². The number of amides is 2. The number of carbonyl (C=O) groups is 2. The van der Waals surface area contributed by atoms with Crippen LogP contribution in [0.15, 0.2) is 47.1 Å². The van der Waals surface area contributed by atoms with E-state index in [0.29, 0.717) is 28.4 Å². The van der Waals surface area contributed by atoms with Crippen molar-refractivity contribution in [2.75, 3.05) is 13.1 Å². The van der Waals surface area contributed by atoms with Gasteiger partial charge in [0.1, 0.15) is 17.1 Å². The molecule has 3 aromatic rings. The van der Waals surface area contributed by atoms with E-state index in [1.165, 1.54) is 21.8 Å². The Morgan fingerprint density at radius 3 is 2.56 bits per heavy atom. The quantitative estimate of drug-likeness (QED) is 0.439. The van der Waals surface area contributed by atoms with Crippen molar-refractivity contribution in [1.82, 2.24) is 25.2 Å². The van der Waals surface area contributed by atoms with Gasteiger partial charge in [0.15, 0.2) is 5.67 Å². The fraction of sp³-hybridized carbons (Fsp3) is 0.429. The largest absolute Gasteiger partial charge is 0.444 e. The topological polar surface area (TPSA) is 89.4 Å². The van der Waals surface area contributed by atoms with Gasteiger partial charge >= 0.3 is 6.09 Å². The molecular formula is C28H30BrF2N5O3. The predicted molar refractivity (Wildman–Crippen MR) is 144 cm³/mol. The van der Waals surface area contributed by atoms with Gasteiger partial charge in [-0.15, -0.1) is 5.10 Å². The summed E-state index contributed by atoms with van der Waals surface area (Å²) in [7, 11) is 0. The molecule has 1 aliphatic heterocycles. The number of alkyl halides is 1. The third kappa shape index (κ3) is 5.68. The first kappa shape index (κ1) is 27.2. The van der Waals surface area contributed by atoms with Crippen LogP contribution in [0.25, 0.3) is 0 Å². The van der Waals surface area contributed by atoms with E-state index in [-0.39, 0.29) is 30.7 Å². The van der Waals surface area contributed by atoms with Gasteiger partial charge in [-0.1, -0.05) is 33.3 Å². The van der Waals surface area contributed by atoms with E-state index in [1.807, 2.05) is 32.9 Å². The molecule has 1 unspecified atom stereocenters. The maximum Gasteiger partial charge on any atom is 0.407 e. The van der Waals surface area contributed by atoms with Crippen molar-refractivity contribution in [2.45, 2.75) is 63.9 Å². The Morgan fingerprint density at radius 2 is 1.87 bits per heavy atom. The standard InChI is InChI=1S/C28H30BrF2N5O3/c1-16(22-8-7-20(29)12-23(22)30)36-13-24(33-34-36)28(31)14-35(15-28)25(37)18-6-5-17-10-21(11-19(17)9-18)32-26(38)39-27(2,3)4/h5-9,12-13,16,21H,10-11,14-15H2,1-4H3,(H,32,38)/t16-,21?/m1/s1. The summed E-state index contributed by atoms with van der Waals surface area (Å²) in [5, 5.41) is 10.9. The van der Waals surface area contributed by atoms with Crippen LogP contribution in [0.5, 0.6) is 0 Å². The zero-order valence-corrected chi connectivity index (χ0v) is 23.8. The molecule has 2 aliphatic rings. The number of alkyl carbamates (subject to hydrolysis) is 1. The van der Waals surface area contributed by atoms with Gasteiger partial charge < -0.3 is 15.0 Å². The highest BCUT2D eigenvalue weighted by atomic mass is 79.9. The Bertz CT molecular complexity index is 1430. The summed E-state index contributed by atoms with van der Waals surface area (Å²) in [5.74, 6) is -0.669. The molecule has 5 rings (SSSR count). The van der Waals surface area contributed by atoms with E-state index in [0.717, 1.165) is 11.1 Å². The lowest BCUT2D eigenvalue weighted by Crippen LogP contribution is -2.59. The third-order valence-corrected chi connectivity index (χ3v) is 7.55. The lowest BCUT2D eigenvalue weighted by atomic mass is 9.91. The summed E-state index contributed by atoms with van der Waals surface area (Å²) in [6.45, 7) is 6.89. The zero-order valence-electron chi connectivity index (χ0n) is 22.2. The van der Waals surface area contributed by atoms with E-state index in [2.05, 4.69) is 31.6 Å². The average molecular weight is 602 g/mol. The fourth-order valence-electron chi connectivity index (χ4n) is 5.03. The van der Waals surface area contributed by atoms with Gasteiger partial charge in [0.05, 0.1) is 25.3 Å². The number of carbonyl (C=O) groups excluding carboxylic acids is 2. The van der Waals surface area contributed by atoms with Gasteiger partial charge in [-0.3, -0.25) is 4.79 Å². The second kappa shape index (κ2) is 10.0. The minimum Gasteiger partial charge on any atom is -0.444 e. The smallest absolute Gasteiger partial charge is 0.407 e. The molecule has 1 aromatic heterocycles. The van der Waals surface area contributed by atoms with Gasteiger partial charge in [-0.25, -0.2) is 18.3 Å². The molecule has 206 valence electrons. The number of fused-ring (bicyclic) bond motifs is 1. The second-order valence-electron chi connectivity index (χ2n) is 11.3. The number of likely N-dealkylation sites (tertiary alicyclic amines) is 1. The molecule has 1 fully saturated rings. The van der Waals surface area contributed by atoms with Gasteiger partial charge in [0.2, 0.25) is 0 Å². The van der Waals surface area contributed by atoms with Gasteiger partial charge in [-0.2, -0.15) is 0 Å². The number of rotatable bonds is 5. The molecule has 2 atom stereocenters. The minimum absolute atomic E-state index is 0.112. The molecule has 39 heavy (non-hydrogen) atoms. The van der Waals surface area contributed by atoms with Crippen molar-refractivity contribution in [3.05, 3.63) is 80.8 Å². The highest BCUT2D eigenvalue weighted by Crippen LogP contribution is 2.37. The Kier molecular flexibility index (Phi) is 6.98. The number of hydrogen-bond donors (Lipinski definition) is 1. The first-order valence-electron chi connectivity index (χ1n) is 12.8. The van der Waals surface area contributed by atoms with Crippen LogP contribution in [0, 0.1) is 5.82 Å². The third-order valence-electron chi connectivity index (χ3n) is 7.06. The SMILES string of the molecule is C[C@H](c1ccc(Br)cc1F)n1cc(C2(F)CN(C(=O)c3ccc4c(c3)CC(NC(=O)OC(C)(C)C)C4)C2)nn1. The molecule has 0 saturated carbocycles. The van der Waals surface area contributed by atoms with Gasteiger partial charge in [0, 0.05) is 21.6 Å². The number of aromatic nitrogens is 3. The Labute approximate surface area is 233 Å². The molecule has 2 aromatic carbocycles. The maximum atomic E-state index is 15.6. The number of ether oxygens (including phenoxy) is 1. The van der Waals surface area contributed by atoms with Crippen molar-refractivity contribution >= 4 is 27.9 Å². The number of nitrogens with zero attached hydrogens (tertiary/aromatic N) is 4. The van der Waals surface area contributed by atoms with Crippen molar-refractivity contribution in [1.29, 1.82) is 0 Å². The van der Waals surface area contributed by atoms with Crippen LogP contribution in [0.1, 0.15) is 66.5 Å². The summed E-state index contributed by atoms with van der Waals surface area (Å²) < 4.78 is 37.4. The lowest BCUT2D eigenvalue weighted by molar-refractivity contribution is -0.0258. The summed E-state index contributed by atoms with van der Waals surface area (Å²) in [4.78, 5) is 26.7. The van der Waals surface area contributed by atoms with Crippen LogP contribution in [-0.4, -0.2) is 56.6 Å². The van der Waals surface area contributed by atoms with Crippen molar-refractivity contribution in [2.24, 2.45) is 0 Å². The van der Waals surface area contributed by atoms with Crippen molar-refractivity contribution in [3.8, 4) is 0 Å². The minimum atomic E-state index is -1.83. The summed E-state index contributed by atoms with van der Waals surface area (Å²) in [6.07, 6.45) is 2.24. The van der Waals surface area contributed by atoms with Crippen LogP contribution < -0.4 is 5.32 Å². The molecule has 8 nitrogen and oxygen atoms in total. The Morgan fingerprint density at radius 1 is 1.15 bits per heavy atom. The van der Waals surface area contributed by atoms with E-state index in [4.69, 9.17) is 4.74 Å². The van der Waals surface area contributed by atoms with Gasteiger partial charge in [-0.05, 0) is 75.9 Å². The molecule has 1 saturated heterocycles. The molecular weight excluding hydrogens is 572 g/mol. The molecule has 11 heteroatoms. The molecule has 0 spiro atoms. The molecule has 2 heterocycles. The Hall–Kier alpha value is -3.34. The molecule has 1 aliphatic carbocycles. The predicted octanol–water partition coefficient (Wildman–Crippen LogP) is 5.10. The number of halogens is 3. The summed E-state index contributed by atoms with van der Waals surface area (Å²) in [6, 6.07) is 9.58. The molecule has 2 amide bonds. The highest BCUT2D eigenvalue weighted by Gasteiger charge is 2.49. The van der Waals surface area contributed by atoms with Crippen molar-refractivity contribution < 1.29 is 23.1 Å². The molecule has 1 N–H and O–H groups in total. The number of benzene rings is 2. The summed E-state index contributed by atoms with van der Waals surface area (Å²) in [5.41, 5.74) is 0.619. The maximum absolute atomic E-state index is 15.6. The van der Waals surface area contributed by atoms with E-state index in [9.17, 15) is 14.0 Å². The number of nitrogens with one attached hydrogen (secondary N) is 1. The van der Waals surface area contributed by atoms with Crippen LogP contribution in [0.2, 0.25) is 0 Å². The van der Waals surface area contributed by atoms with Crippen LogP contribution in [0.3, 0.4) is 0 Å². The van der Waals surface area contributed by atoms with Crippen LogP contribution in [0.4, 0.5) is 13.6 Å². The normalized spacial score (nSPS) is 18.7. The summed E-state index contributed by atoms with van der Waals surface area (Å²) >= 11 is 3.24. The van der Waals surface area contributed by atoms with E-state index < -0.39 is 29.2 Å². The van der Waals surface area contributed by atoms with E-state index in [1.54, 1.807) is 25.1 Å². The first-order chi connectivity index (χ1) is 18.3. The van der Waals surface area contributed by atoms with Crippen LogP contribution in [-0.2, 0) is 23.2 Å². The van der Waals surface area contributed by atoms with E-state index >= 15 is 4.39 Å².